The van der Waals surface area contributed by atoms with Gasteiger partial charge in [0.15, 0.2) is 5.13 Å². The van der Waals surface area contributed by atoms with Gasteiger partial charge in [-0.25, -0.2) is 4.98 Å². The molecule has 2 amide bonds. The molecule has 0 atom stereocenters. The number of hydrogen-bond acceptors (Lipinski definition) is 4. The van der Waals surface area contributed by atoms with Crippen molar-refractivity contribution in [3.63, 3.8) is 0 Å². The molecule has 0 spiro atoms. The number of anilines is 1. The molecule has 140 valence electrons. The maximum absolute atomic E-state index is 12.4. The number of nitrogens with one attached hydrogen (secondary N) is 1. The van der Waals surface area contributed by atoms with Crippen molar-refractivity contribution in [3.05, 3.63) is 35.7 Å². The van der Waals surface area contributed by atoms with Gasteiger partial charge in [0.25, 0.3) is 0 Å². The van der Waals surface area contributed by atoms with Crippen LogP contribution in [-0.4, -0.2) is 34.8 Å². The molecule has 2 rings (SSSR count). The lowest BCUT2D eigenvalue weighted by Gasteiger charge is -2.24. The molecular formula is C20H27N3O2S. The second kappa shape index (κ2) is 9.48. The third-order valence-corrected chi connectivity index (χ3v) is 4.43. The molecule has 5 nitrogen and oxygen atoms in total. The Morgan fingerprint density at radius 1 is 1.12 bits per heavy atom. The van der Waals surface area contributed by atoms with E-state index in [4.69, 9.17) is 0 Å². The van der Waals surface area contributed by atoms with Gasteiger partial charge < -0.3 is 10.2 Å². The lowest BCUT2D eigenvalue weighted by Crippen LogP contribution is -2.40. The normalized spacial score (nSPS) is 11.0. The number of rotatable bonds is 8. The van der Waals surface area contributed by atoms with E-state index in [0.29, 0.717) is 24.0 Å². The molecular weight excluding hydrogens is 346 g/mol. The fraction of sp³-hybridized carbons (Fsp3) is 0.450. The number of hydrogen-bond donors (Lipinski definition) is 1. The molecule has 0 aliphatic rings. The quantitative estimate of drug-likeness (QED) is 0.751. The smallest absolute Gasteiger partial charge is 0.245 e. The van der Waals surface area contributed by atoms with E-state index in [9.17, 15) is 9.59 Å². The number of aromatic nitrogens is 1. The lowest BCUT2D eigenvalue weighted by atomic mass is 10.1. The Kier molecular flexibility index (Phi) is 7.33. The van der Waals surface area contributed by atoms with Crippen LogP contribution in [0.1, 0.15) is 34.1 Å². The first-order chi connectivity index (χ1) is 12.3. The van der Waals surface area contributed by atoms with Crippen molar-refractivity contribution >= 4 is 28.3 Å². The molecule has 0 saturated heterocycles. The maximum atomic E-state index is 12.4. The van der Waals surface area contributed by atoms with Gasteiger partial charge in [0.2, 0.25) is 11.8 Å². The van der Waals surface area contributed by atoms with Crippen LogP contribution in [0.2, 0.25) is 0 Å². The summed E-state index contributed by atoms with van der Waals surface area (Å²) in [6, 6.07) is 9.83. The summed E-state index contributed by atoms with van der Waals surface area (Å²) in [6.07, 6.45) is 0.454. The molecule has 0 unspecified atom stereocenters. The van der Waals surface area contributed by atoms with Crippen LogP contribution in [0.3, 0.4) is 0 Å². The number of benzene rings is 1. The van der Waals surface area contributed by atoms with E-state index >= 15 is 0 Å². The summed E-state index contributed by atoms with van der Waals surface area (Å²) in [4.78, 5) is 30.9. The van der Waals surface area contributed by atoms with Crippen LogP contribution in [0.25, 0.3) is 11.3 Å². The fourth-order valence-corrected chi connectivity index (χ4v) is 3.31. The Hall–Kier alpha value is -2.21. The minimum atomic E-state index is -0.211. The van der Waals surface area contributed by atoms with E-state index < -0.39 is 0 Å². The SMILES string of the molecule is CC(C)CC(=O)N(CC(=O)Nc1nc(-c2ccccc2)cs1)CC(C)C. The average Bonchev–Trinajstić information content (AvgIpc) is 3.02. The van der Waals surface area contributed by atoms with E-state index in [0.717, 1.165) is 11.3 Å². The molecule has 2 aromatic rings. The number of nitrogens with zero attached hydrogens (tertiary/aromatic N) is 2. The van der Waals surface area contributed by atoms with Crippen molar-refractivity contribution in [2.24, 2.45) is 11.8 Å². The number of amides is 2. The Bertz CT molecular complexity index is 726. The molecule has 0 aliphatic carbocycles. The number of carbonyl (C=O) groups is 2. The summed E-state index contributed by atoms with van der Waals surface area (Å²) >= 11 is 1.39. The number of thiazole rings is 1. The highest BCUT2D eigenvalue weighted by atomic mass is 32.1. The van der Waals surface area contributed by atoms with E-state index in [-0.39, 0.29) is 24.3 Å². The highest BCUT2D eigenvalue weighted by Gasteiger charge is 2.20. The zero-order chi connectivity index (χ0) is 19.1. The lowest BCUT2D eigenvalue weighted by molar-refractivity contribution is -0.135. The molecule has 0 fully saturated rings. The molecule has 0 aliphatic heterocycles. The van der Waals surface area contributed by atoms with Crippen LogP contribution in [0.15, 0.2) is 35.7 Å². The van der Waals surface area contributed by atoms with Crippen LogP contribution >= 0.6 is 11.3 Å². The molecule has 1 aromatic heterocycles. The van der Waals surface area contributed by atoms with E-state index in [1.54, 1.807) is 4.90 Å². The standard InChI is InChI=1S/C20H27N3O2S/c1-14(2)10-19(25)23(11-15(3)4)12-18(24)22-20-21-17(13-26-20)16-8-6-5-7-9-16/h5-9,13-15H,10-12H2,1-4H3,(H,21,22,24). The summed E-state index contributed by atoms with van der Waals surface area (Å²) in [5.74, 6) is 0.390. The third-order valence-electron chi connectivity index (χ3n) is 3.68. The van der Waals surface area contributed by atoms with Crippen LogP contribution in [-0.2, 0) is 9.59 Å². The Morgan fingerprint density at radius 2 is 1.81 bits per heavy atom. The van der Waals surface area contributed by atoms with Crippen molar-refractivity contribution in [3.8, 4) is 11.3 Å². The summed E-state index contributed by atoms with van der Waals surface area (Å²) in [5, 5.41) is 5.29. The van der Waals surface area contributed by atoms with Gasteiger partial charge in [-0.1, -0.05) is 58.0 Å². The summed E-state index contributed by atoms with van der Waals surface area (Å²) in [7, 11) is 0. The van der Waals surface area contributed by atoms with Crippen molar-refractivity contribution in [2.45, 2.75) is 34.1 Å². The van der Waals surface area contributed by atoms with E-state index in [1.807, 2.05) is 63.4 Å². The minimum absolute atomic E-state index is 0.0213. The van der Waals surface area contributed by atoms with Crippen LogP contribution in [0, 0.1) is 11.8 Å². The van der Waals surface area contributed by atoms with Crippen LogP contribution in [0.5, 0.6) is 0 Å². The molecule has 1 heterocycles. The van der Waals surface area contributed by atoms with Crippen molar-refractivity contribution in [1.29, 1.82) is 0 Å². The fourth-order valence-electron chi connectivity index (χ4n) is 2.58. The van der Waals surface area contributed by atoms with Gasteiger partial charge in [-0.15, -0.1) is 11.3 Å². The first kappa shape index (κ1) is 20.1. The molecule has 6 heteroatoms. The second-order valence-corrected chi connectivity index (χ2v) is 8.08. The van der Waals surface area contributed by atoms with Gasteiger partial charge in [-0.05, 0) is 11.8 Å². The molecule has 0 radical (unpaired) electrons. The van der Waals surface area contributed by atoms with Crippen LogP contribution < -0.4 is 5.32 Å². The zero-order valence-corrected chi connectivity index (χ0v) is 16.7. The summed E-state index contributed by atoms with van der Waals surface area (Å²) < 4.78 is 0. The summed E-state index contributed by atoms with van der Waals surface area (Å²) in [5.41, 5.74) is 1.85. The van der Waals surface area contributed by atoms with Gasteiger partial charge in [0, 0.05) is 23.9 Å². The first-order valence-electron chi connectivity index (χ1n) is 8.93. The Labute approximate surface area is 159 Å². The van der Waals surface area contributed by atoms with Gasteiger partial charge in [-0.2, -0.15) is 0 Å². The highest BCUT2D eigenvalue weighted by molar-refractivity contribution is 7.14. The van der Waals surface area contributed by atoms with E-state index in [1.165, 1.54) is 11.3 Å². The molecule has 1 N–H and O–H groups in total. The van der Waals surface area contributed by atoms with Crippen molar-refractivity contribution in [2.75, 3.05) is 18.4 Å². The Balaban J connectivity index is 1.99. The number of carbonyl (C=O) groups excluding carboxylic acids is 2. The predicted octanol–water partition coefficient (Wildman–Crippen LogP) is 4.28. The van der Waals surface area contributed by atoms with Crippen LogP contribution in [0.4, 0.5) is 5.13 Å². The van der Waals surface area contributed by atoms with Gasteiger partial charge in [-0.3, -0.25) is 9.59 Å². The third kappa shape index (κ3) is 6.26. The highest BCUT2D eigenvalue weighted by Crippen LogP contribution is 2.24. The largest absolute Gasteiger partial charge is 0.333 e. The molecule has 26 heavy (non-hydrogen) atoms. The van der Waals surface area contributed by atoms with Crippen molar-refractivity contribution < 1.29 is 9.59 Å². The Morgan fingerprint density at radius 3 is 2.42 bits per heavy atom. The van der Waals surface area contributed by atoms with Gasteiger partial charge in [0.05, 0.1) is 12.2 Å². The zero-order valence-electron chi connectivity index (χ0n) is 15.9. The van der Waals surface area contributed by atoms with Gasteiger partial charge in [0.1, 0.15) is 0 Å². The molecule has 0 bridgehead atoms. The maximum Gasteiger partial charge on any atom is 0.245 e. The second-order valence-electron chi connectivity index (χ2n) is 7.22. The summed E-state index contributed by atoms with van der Waals surface area (Å²) in [6.45, 7) is 8.73. The minimum Gasteiger partial charge on any atom is -0.333 e. The monoisotopic (exact) mass is 373 g/mol. The first-order valence-corrected chi connectivity index (χ1v) is 9.81. The topological polar surface area (TPSA) is 62.3 Å². The predicted molar refractivity (Wildman–Crippen MR) is 107 cm³/mol. The molecule has 0 saturated carbocycles. The van der Waals surface area contributed by atoms with E-state index in [2.05, 4.69) is 10.3 Å². The van der Waals surface area contributed by atoms with Crippen molar-refractivity contribution in [1.82, 2.24) is 9.88 Å². The average molecular weight is 374 g/mol. The molecule has 1 aromatic carbocycles. The van der Waals surface area contributed by atoms with Gasteiger partial charge >= 0.3 is 0 Å².